The molecule has 3 heterocycles. The predicted molar refractivity (Wildman–Crippen MR) is 111 cm³/mol. The van der Waals surface area contributed by atoms with Gasteiger partial charge in [-0.3, -0.25) is 9.69 Å². The average molecular weight is 439 g/mol. The first-order valence-corrected chi connectivity index (χ1v) is 11.2. The Labute approximate surface area is 178 Å². The molecule has 5 nitrogen and oxygen atoms in total. The molecule has 30 heavy (non-hydrogen) atoms. The Morgan fingerprint density at radius 2 is 1.77 bits per heavy atom. The minimum atomic E-state index is -4.45. The first-order valence-electron chi connectivity index (χ1n) is 10.3. The highest BCUT2D eigenvalue weighted by molar-refractivity contribution is 7.13. The van der Waals surface area contributed by atoms with Gasteiger partial charge in [-0.15, -0.1) is 11.3 Å². The van der Waals surface area contributed by atoms with Crippen LogP contribution in [0.2, 0.25) is 0 Å². The van der Waals surface area contributed by atoms with Crippen LogP contribution in [0.1, 0.15) is 40.9 Å². The summed E-state index contributed by atoms with van der Waals surface area (Å²) in [5.41, 5.74) is 0.367. The number of alkyl halides is 3. The van der Waals surface area contributed by atoms with Crippen LogP contribution in [0.25, 0.3) is 0 Å². The fourth-order valence-corrected chi connectivity index (χ4v) is 4.84. The number of hydrogen-bond acceptors (Lipinski definition) is 5. The Balaban J connectivity index is 1.33. The van der Waals surface area contributed by atoms with Crippen LogP contribution in [0.3, 0.4) is 0 Å². The minimum absolute atomic E-state index is 0.0799. The smallest absolute Gasteiger partial charge is 0.345 e. The molecular weight excluding hydrogens is 413 g/mol. The second-order valence-electron chi connectivity index (χ2n) is 7.82. The van der Waals surface area contributed by atoms with Crippen molar-refractivity contribution in [3.05, 3.63) is 46.5 Å². The molecule has 0 bridgehead atoms. The molecule has 0 unspecified atom stereocenters. The third kappa shape index (κ3) is 4.95. The van der Waals surface area contributed by atoms with Crippen LogP contribution in [0, 0.1) is 0 Å². The fraction of sp³-hybridized carbons (Fsp3) is 0.524. The third-order valence-corrected chi connectivity index (χ3v) is 6.60. The summed E-state index contributed by atoms with van der Waals surface area (Å²) >= 11 is 1.62. The molecule has 2 aliphatic rings. The summed E-state index contributed by atoms with van der Waals surface area (Å²) in [6, 6.07) is 4.64. The van der Waals surface area contributed by atoms with Crippen molar-refractivity contribution in [3.8, 4) is 0 Å². The van der Waals surface area contributed by atoms with E-state index in [0.29, 0.717) is 26.2 Å². The SMILES string of the molecule is O=C(c1cccc(C(F)(F)F)c1)N1CCN(c2nc(CN3CCCCC3)cs2)CC1. The number of likely N-dealkylation sites (tertiary alicyclic amines) is 1. The molecular formula is C21H25F3N4OS. The highest BCUT2D eigenvalue weighted by Gasteiger charge is 2.32. The lowest BCUT2D eigenvalue weighted by Gasteiger charge is -2.34. The van der Waals surface area contributed by atoms with E-state index >= 15 is 0 Å². The number of halogens is 3. The molecule has 2 aromatic rings. The lowest BCUT2D eigenvalue weighted by Crippen LogP contribution is -2.48. The lowest BCUT2D eigenvalue weighted by atomic mass is 10.1. The second kappa shape index (κ2) is 8.93. The molecule has 1 amide bonds. The molecule has 2 saturated heterocycles. The highest BCUT2D eigenvalue weighted by atomic mass is 32.1. The van der Waals surface area contributed by atoms with E-state index in [1.807, 2.05) is 0 Å². The first-order chi connectivity index (χ1) is 14.4. The van der Waals surface area contributed by atoms with E-state index in [2.05, 4.69) is 15.2 Å². The number of piperazine rings is 1. The summed E-state index contributed by atoms with van der Waals surface area (Å²) in [6.45, 7) is 5.33. The molecule has 0 atom stereocenters. The molecule has 9 heteroatoms. The molecule has 4 rings (SSSR count). The molecule has 0 spiro atoms. The highest BCUT2D eigenvalue weighted by Crippen LogP contribution is 2.30. The van der Waals surface area contributed by atoms with E-state index in [-0.39, 0.29) is 11.5 Å². The lowest BCUT2D eigenvalue weighted by molar-refractivity contribution is -0.137. The molecule has 0 radical (unpaired) electrons. The monoisotopic (exact) mass is 438 g/mol. The van der Waals surface area contributed by atoms with E-state index in [9.17, 15) is 18.0 Å². The van der Waals surface area contributed by atoms with Crippen molar-refractivity contribution in [2.24, 2.45) is 0 Å². The molecule has 162 valence electrons. The summed E-state index contributed by atoms with van der Waals surface area (Å²) in [7, 11) is 0. The second-order valence-corrected chi connectivity index (χ2v) is 8.65. The van der Waals surface area contributed by atoms with E-state index in [1.165, 1.54) is 31.4 Å². The summed E-state index contributed by atoms with van der Waals surface area (Å²) < 4.78 is 38.8. The van der Waals surface area contributed by atoms with Crippen molar-refractivity contribution >= 4 is 22.4 Å². The Morgan fingerprint density at radius 3 is 2.47 bits per heavy atom. The Bertz CT molecular complexity index is 871. The number of aromatic nitrogens is 1. The van der Waals surface area contributed by atoms with Crippen LogP contribution in [0.5, 0.6) is 0 Å². The van der Waals surface area contributed by atoms with E-state index < -0.39 is 11.7 Å². The number of amides is 1. The molecule has 1 aromatic heterocycles. The van der Waals surface area contributed by atoms with Gasteiger partial charge in [-0.05, 0) is 44.1 Å². The van der Waals surface area contributed by atoms with Gasteiger partial charge >= 0.3 is 6.18 Å². The largest absolute Gasteiger partial charge is 0.416 e. The quantitative estimate of drug-likeness (QED) is 0.720. The fourth-order valence-electron chi connectivity index (χ4n) is 3.97. The van der Waals surface area contributed by atoms with Gasteiger partial charge < -0.3 is 9.80 Å². The van der Waals surface area contributed by atoms with Crippen molar-refractivity contribution in [3.63, 3.8) is 0 Å². The van der Waals surface area contributed by atoms with Gasteiger partial charge in [-0.2, -0.15) is 13.2 Å². The van der Waals surface area contributed by atoms with E-state index in [1.54, 1.807) is 16.2 Å². The molecule has 2 aliphatic heterocycles. The first kappa shape index (κ1) is 21.1. The number of benzene rings is 1. The number of hydrogen-bond donors (Lipinski definition) is 0. The zero-order valence-electron chi connectivity index (χ0n) is 16.7. The Kier molecular flexibility index (Phi) is 6.29. The van der Waals surface area contributed by atoms with Gasteiger partial charge in [-0.25, -0.2) is 4.98 Å². The third-order valence-electron chi connectivity index (χ3n) is 5.65. The van der Waals surface area contributed by atoms with Crippen molar-refractivity contribution in [2.45, 2.75) is 32.0 Å². The molecule has 2 fully saturated rings. The van der Waals surface area contributed by atoms with E-state index in [4.69, 9.17) is 4.98 Å². The van der Waals surface area contributed by atoms with Gasteiger partial charge in [-0.1, -0.05) is 12.5 Å². The number of rotatable bonds is 4. The topological polar surface area (TPSA) is 39.7 Å². The molecule has 0 aliphatic carbocycles. The zero-order chi connectivity index (χ0) is 21.1. The number of piperidine rings is 1. The number of thiazole rings is 1. The van der Waals surface area contributed by atoms with Gasteiger partial charge in [0.25, 0.3) is 5.91 Å². The van der Waals surface area contributed by atoms with Gasteiger partial charge in [0.1, 0.15) is 0 Å². The number of anilines is 1. The normalized spacial score (nSPS) is 18.6. The molecule has 0 N–H and O–H groups in total. The van der Waals surface area contributed by atoms with Gasteiger partial charge in [0.15, 0.2) is 5.13 Å². The van der Waals surface area contributed by atoms with Crippen molar-refractivity contribution < 1.29 is 18.0 Å². The van der Waals surface area contributed by atoms with Crippen LogP contribution < -0.4 is 4.90 Å². The summed E-state index contributed by atoms with van der Waals surface area (Å²) in [5, 5.41) is 3.05. The van der Waals surface area contributed by atoms with Crippen molar-refractivity contribution in [1.82, 2.24) is 14.8 Å². The van der Waals surface area contributed by atoms with Crippen LogP contribution in [0.4, 0.5) is 18.3 Å². The standard InChI is InChI=1S/C21H25F3N4OS/c22-21(23,24)17-6-4-5-16(13-17)19(29)27-9-11-28(12-10-27)20-25-18(15-30-20)14-26-7-2-1-3-8-26/h4-6,13,15H,1-3,7-12,14H2. The number of carbonyl (C=O) groups is 1. The zero-order valence-corrected chi connectivity index (χ0v) is 17.5. The maximum Gasteiger partial charge on any atom is 0.416 e. The van der Waals surface area contributed by atoms with Crippen LogP contribution in [-0.2, 0) is 12.7 Å². The van der Waals surface area contributed by atoms with Crippen LogP contribution in [-0.4, -0.2) is 60.0 Å². The summed E-state index contributed by atoms with van der Waals surface area (Å²) in [4.78, 5) is 23.6. The minimum Gasteiger partial charge on any atom is -0.345 e. The molecule has 1 aromatic carbocycles. The van der Waals surface area contributed by atoms with E-state index in [0.717, 1.165) is 42.6 Å². The maximum absolute atomic E-state index is 12.9. The number of nitrogens with zero attached hydrogens (tertiary/aromatic N) is 4. The Morgan fingerprint density at radius 1 is 1.03 bits per heavy atom. The summed E-state index contributed by atoms with van der Waals surface area (Å²) in [5.74, 6) is -0.356. The summed E-state index contributed by atoms with van der Waals surface area (Å²) in [6.07, 6.45) is -0.647. The van der Waals surface area contributed by atoms with Gasteiger partial charge in [0.2, 0.25) is 0 Å². The van der Waals surface area contributed by atoms with Gasteiger partial charge in [0, 0.05) is 43.7 Å². The number of carbonyl (C=O) groups excluding carboxylic acids is 1. The van der Waals surface area contributed by atoms with Crippen LogP contribution >= 0.6 is 11.3 Å². The van der Waals surface area contributed by atoms with Crippen molar-refractivity contribution in [2.75, 3.05) is 44.2 Å². The average Bonchev–Trinajstić information content (AvgIpc) is 3.22. The van der Waals surface area contributed by atoms with Crippen LogP contribution in [0.15, 0.2) is 29.6 Å². The van der Waals surface area contributed by atoms with Crippen molar-refractivity contribution in [1.29, 1.82) is 0 Å². The Hall–Kier alpha value is -2.13. The predicted octanol–water partition coefficient (Wildman–Crippen LogP) is 4.11. The maximum atomic E-state index is 12.9. The molecule has 0 saturated carbocycles. The van der Waals surface area contributed by atoms with Gasteiger partial charge in [0.05, 0.1) is 11.3 Å².